The lowest BCUT2D eigenvalue weighted by atomic mass is 9.78. The van der Waals surface area contributed by atoms with Gasteiger partial charge in [-0.3, -0.25) is 0 Å². The van der Waals surface area contributed by atoms with E-state index >= 15 is 0 Å². The molecule has 3 nitrogen and oxygen atoms in total. The molecule has 2 fully saturated rings. The molecule has 1 heterocycles. The van der Waals surface area contributed by atoms with Crippen molar-refractivity contribution in [3.8, 4) is 0 Å². The van der Waals surface area contributed by atoms with E-state index in [2.05, 4.69) is 37.8 Å². The van der Waals surface area contributed by atoms with Gasteiger partial charge in [-0.1, -0.05) is 49.4 Å². The Hall–Kier alpha value is -1.77. The van der Waals surface area contributed by atoms with Gasteiger partial charge in [0.2, 0.25) is 0 Å². The van der Waals surface area contributed by atoms with Gasteiger partial charge in [0.15, 0.2) is 0 Å². The first-order valence-electron chi connectivity index (χ1n) is 9.67. The zero-order valence-corrected chi connectivity index (χ0v) is 15.6. The number of hydrogen-bond donors (Lipinski definition) is 0. The number of benzene rings is 1. The Morgan fingerprint density at radius 1 is 1.32 bits per heavy atom. The number of nitrogens with zero attached hydrogens (tertiary/aromatic N) is 1. The summed E-state index contributed by atoms with van der Waals surface area (Å²) in [6, 6.07) is 10.5. The minimum absolute atomic E-state index is 0.0276. The standard InChI is InChI=1S/C22H31NO2/c1-16-11-17(2)13-21(12-16)18(3)25-22(24)23-10-9-20(15-23)14-19-7-5-4-6-8-19/h4-8,17-18,20-21H,1,9-15H2,2-3H3. The SMILES string of the molecule is C=C1CC(C)CC(C(C)OC(=O)N2CCC(Cc3ccccc3)C2)C1. The summed E-state index contributed by atoms with van der Waals surface area (Å²) in [7, 11) is 0. The lowest BCUT2D eigenvalue weighted by Gasteiger charge is -2.33. The molecule has 1 amide bonds. The van der Waals surface area contributed by atoms with E-state index in [1.807, 2.05) is 17.9 Å². The van der Waals surface area contributed by atoms with Crippen LogP contribution in [0.2, 0.25) is 0 Å². The zero-order chi connectivity index (χ0) is 17.8. The van der Waals surface area contributed by atoms with Gasteiger partial charge in [-0.15, -0.1) is 0 Å². The van der Waals surface area contributed by atoms with Gasteiger partial charge in [-0.05, 0) is 62.3 Å². The highest BCUT2D eigenvalue weighted by Gasteiger charge is 2.32. The summed E-state index contributed by atoms with van der Waals surface area (Å²) in [4.78, 5) is 14.4. The Morgan fingerprint density at radius 2 is 2.08 bits per heavy atom. The van der Waals surface area contributed by atoms with Crippen molar-refractivity contribution in [1.29, 1.82) is 0 Å². The summed E-state index contributed by atoms with van der Waals surface area (Å²) in [5.74, 6) is 1.61. The summed E-state index contributed by atoms with van der Waals surface area (Å²) in [6.07, 6.45) is 5.19. The van der Waals surface area contributed by atoms with Gasteiger partial charge in [0.05, 0.1) is 0 Å². The van der Waals surface area contributed by atoms with E-state index in [1.165, 1.54) is 11.1 Å². The molecule has 0 bridgehead atoms. The molecule has 3 heteroatoms. The zero-order valence-electron chi connectivity index (χ0n) is 15.6. The maximum atomic E-state index is 12.5. The Morgan fingerprint density at radius 3 is 2.80 bits per heavy atom. The first-order chi connectivity index (χ1) is 12.0. The molecule has 0 N–H and O–H groups in total. The predicted octanol–water partition coefficient (Wildman–Crippen LogP) is 5.07. The van der Waals surface area contributed by atoms with E-state index in [0.717, 1.165) is 45.2 Å². The van der Waals surface area contributed by atoms with Crippen LogP contribution in [0.15, 0.2) is 42.5 Å². The van der Waals surface area contributed by atoms with Crippen LogP contribution in [-0.4, -0.2) is 30.2 Å². The largest absolute Gasteiger partial charge is 0.446 e. The molecule has 3 rings (SSSR count). The van der Waals surface area contributed by atoms with Crippen molar-refractivity contribution < 1.29 is 9.53 Å². The van der Waals surface area contributed by atoms with Gasteiger partial charge < -0.3 is 9.64 Å². The van der Waals surface area contributed by atoms with Gasteiger partial charge in [0.25, 0.3) is 0 Å². The molecule has 0 spiro atoms. The van der Waals surface area contributed by atoms with E-state index in [-0.39, 0.29) is 12.2 Å². The van der Waals surface area contributed by atoms with Gasteiger partial charge in [-0.2, -0.15) is 0 Å². The highest BCUT2D eigenvalue weighted by Crippen LogP contribution is 2.35. The quantitative estimate of drug-likeness (QED) is 0.716. The van der Waals surface area contributed by atoms with Crippen molar-refractivity contribution in [3.63, 3.8) is 0 Å². The molecule has 1 aliphatic carbocycles. The van der Waals surface area contributed by atoms with E-state index in [9.17, 15) is 4.79 Å². The van der Waals surface area contributed by atoms with Crippen molar-refractivity contribution in [2.24, 2.45) is 17.8 Å². The second-order valence-corrected chi connectivity index (χ2v) is 8.14. The smallest absolute Gasteiger partial charge is 0.410 e. The second kappa shape index (κ2) is 8.07. The topological polar surface area (TPSA) is 29.5 Å². The number of rotatable bonds is 4. The molecule has 0 aromatic heterocycles. The first kappa shape index (κ1) is 18.0. The summed E-state index contributed by atoms with van der Waals surface area (Å²) < 4.78 is 5.81. The molecular weight excluding hydrogens is 310 g/mol. The van der Waals surface area contributed by atoms with Crippen LogP contribution < -0.4 is 0 Å². The molecule has 4 unspecified atom stereocenters. The predicted molar refractivity (Wildman–Crippen MR) is 101 cm³/mol. The van der Waals surface area contributed by atoms with Crippen LogP contribution in [0.25, 0.3) is 0 Å². The summed E-state index contributed by atoms with van der Waals surface area (Å²) in [5.41, 5.74) is 2.65. The lowest BCUT2D eigenvalue weighted by molar-refractivity contribution is 0.0374. The molecule has 136 valence electrons. The van der Waals surface area contributed by atoms with Crippen LogP contribution >= 0.6 is 0 Å². The number of allylic oxidation sites excluding steroid dienone is 1. The third kappa shape index (κ3) is 4.87. The van der Waals surface area contributed by atoms with Crippen molar-refractivity contribution in [1.82, 2.24) is 4.90 Å². The summed E-state index contributed by atoms with van der Waals surface area (Å²) >= 11 is 0. The van der Waals surface area contributed by atoms with E-state index in [1.54, 1.807) is 0 Å². The van der Waals surface area contributed by atoms with Crippen LogP contribution in [0.5, 0.6) is 0 Å². The monoisotopic (exact) mass is 341 g/mol. The van der Waals surface area contributed by atoms with Crippen LogP contribution in [0.1, 0.15) is 45.1 Å². The maximum Gasteiger partial charge on any atom is 0.410 e. The molecule has 2 aliphatic rings. The number of carbonyl (C=O) groups is 1. The Balaban J connectivity index is 1.48. The molecule has 1 aromatic carbocycles. The van der Waals surface area contributed by atoms with Gasteiger partial charge >= 0.3 is 6.09 Å². The minimum Gasteiger partial charge on any atom is -0.446 e. The van der Waals surface area contributed by atoms with E-state index in [4.69, 9.17) is 4.74 Å². The normalized spacial score (nSPS) is 28.0. The van der Waals surface area contributed by atoms with Crippen molar-refractivity contribution in [3.05, 3.63) is 48.0 Å². The van der Waals surface area contributed by atoms with Crippen LogP contribution in [-0.2, 0) is 11.2 Å². The third-order valence-electron chi connectivity index (χ3n) is 5.75. The number of ether oxygens (including phenoxy) is 1. The minimum atomic E-state index is -0.132. The van der Waals surface area contributed by atoms with Crippen LogP contribution in [0, 0.1) is 17.8 Å². The van der Waals surface area contributed by atoms with Gasteiger partial charge in [0.1, 0.15) is 6.10 Å². The fourth-order valence-electron chi connectivity index (χ4n) is 4.43. The summed E-state index contributed by atoms with van der Waals surface area (Å²) in [5, 5.41) is 0. The number of likely N-dealkylation sites (tertiary alicyclic amines) is 1. The average Bonchev–Trinajstić information content (AvgIpc) is 3.03. The Kier molecular flexibility index (Phi) is 5.82. The van der Waals surface area contributed by atoms with Crippen molar-refractivity contribution in [2.45, 2.75) is 52.1 Å². The van der Waals surface area contributed by atoms with Crippen LogP contribution in [0.4, 0.5) is 4.79 Å². The van der Waals surface area contributed by atoms with Crippen LogP contribution in [0.3, 0.4) is 0 Å². The van der Waals surface area contributed by atoms with E-state index < -0.39 is 0 Å². The molecular formula is C22H31NO2. The van der Waals surface area contributed by atoms with Crippen molar-refractivity contribution >= 4 is 6.09 Å². The molecule has 1 saturated heterocycles. The Labute approximate surface area is 152 Å². The molecule has 25 heavy (non-hydrogen) atoms. The fourth-order valence-corrected chi connectivity index (χ4v) is 4.43. The second-order valence-electron chi connectivity index (χ2n) is 8.14. The first-order valence-corrected chi connectivity index (χ1v) is 9.67. The molecule has 1 saturated carbocycles. The molecule has 1 aliphatic heterocycles. The maximum absolute atomic E-state index is 12.5. The molecule has 0 radical (unpaired) electrons. The highest BCUT2D eigenvalue weighted by molar-refractivity contribution is 5.68. The Bertz CT molecular complexity index is 597. The van der Waals surface area contributed by atoms with Gasteiger partial charge in [0, 0.05) is 13.1 Å². The third-order valence-corrected chi connectivity index (χ3v) is 5.75. The number of amides is 1. The highest BCUT2D eigenvalue weighted by atomic mass is 16.6. The number of carbonyl (C=O) groups excluding carboxylic acids is 1. The van der Waals surface area contributed by atoms with E-state index in [0.29, 0.717) is 17.8 Å². The summed E-state index contributed by atoms with van der Waals surface area (Å²) in [6.45, 7) is 10.1. The molecule has 4 atom stereocenters. The molecule has 1 aromatic rings. The van der Waals surface area contributed by atoms with Crippen molar-refractivity contribution in [2.75, 3.05) is 13.1 Å². The number of hydrogen-bond acceptors (Lipinski definition) is 2. The van der Waals surface area contributed by atoms with Gasteiger partial charge in [-0.25, -0.2) is 4.79 Å². The fraction of sp³-hybridized carbons (Fsp3) is 0.591. The lowest BCUT2D eigenvalue weighted by Crippen LogP contribution is -2.35. The average molecular weight is 341 g/mol.